The van der Waals surface area contributed by atoms with Crippen LogP contribution in [0.2, 0.25) is 0 Å². The summed E-state index contributed by atoms with van der Waals surface area (Å²) in [6, 6.07) is 15.5. The van der Waals surface area contributed by atoms with Crippen molar-refractivity contribution in [2.75, 3.05) is 13.2 Å². The van der Waals surface area contributed by atoms with Crippen LogP contribution in [0, 0.1) is 11.8 Å². The lowest BCUT2D eigenvalue weighted by molar-refractivity contribution is 0.0997. The van der Waals surface area contributed by atoms with Crippen LogP contribution < -0.4 is 15.2 Å². The Hall–Kier alpha value is -2.82. The molecule has 0 aliphatic heterocycles. The first kappa shape index (κ1) is 18.5. The third-order valence-corrected chi connectivity index (χ3v) is 4.45. The standard InChI is InChI=1S/C18H18N2O4S/c19-18(21)16-10-4-5-11-17(16)24-13-7-6-12-20-25(22,23)14-15-8-2-1-3-9-15/h1-5,8-11,20H,12-14H2,(H2,19,21). The van der Waals surface area contributed by atoms with Crippen molar-refractivity contribution < 1.29 is 17.9 Å². The van der Waals surface area contributed by atoms with Crippen LogP contribution in [0.15, 0.2) is 54.6 Å². The van der Waals surface area contributed by atoms with Crippen molar-refractivity contribution >= 4 is 15.9 Å². The van der Waals surface area contributed by atoms with Gasteiger partial charge in [-0.15, -0.1) is 0 Å². The monoisotopic (exact) mass is 358 g/mol. The molecule has 130 valence electrons. The first-order valence-corrected chi connectivity index (χ1v) is 9.12. The summed E-state index contributed by atoms with van der Waals surface area (Å²) < 4.78 is 31.6. The third-order valence-electron chi connectivity index (χ3n) is 3.16. The van der Waals surface area contributed by atoms with Gasteiger partial charge in [0.15, 0.2) is 0 Å². The Morgan fingerprint density at radius 2 is 1.72 bits per heavy atom. The number of benzene rings is 2. The molecule has 0 aromatic heterocycles. The summed E-state index contributed by atoms with van der Waals surface area (Å²) in [7, 11) is -3.45. The maximum Gasteiger partial charge on any atom is 0.252 e. The molecule has 0 saturated carbocycles. The quantitative estimate of drug-likeness (QED) is 0.729. The van der Waals surface area contributed by atoms with Crippen molar-refractivity contribution in [2.45, 2.75) is 5.75 Å². The number of amides is 1. The van der Waals surface area contributed by atoms with E-state index in [-0.39, 0.29) is 24.5 Å². The molecule has 0 atom stereocenters. The molecule has 2 rings (SSSR count). The van der Waals surface area contributed by atoms with Crippen LogP contribution in [0.25, 0.3) is 0 Å². The molecule has 0 radical (unpaired) electrons. The number of carbonyl (C=O) groups is 1. The number of nitrogens with two attached hydrogens (primary N) is 1. The largest absolute Gasteiger partial charge is 0.480 e. The average molecular weight is 358 g/mol. The number of hydrogen-bond donors (Lipinski definition) is 2. The zero-order valence-corrected chi connectivity index (χ0v) is 14.3. The fourth-order valence-corrected chi connectivity index (χ4v) is 3.04. The van der Waals surface area contributed by atoms with E-state index in [0.717, 1.165) is 0 Å². The van der Waals surface area contributed by atoms with Crippen molar-refractivity contribution in [1.29, 1.82) is 0 Å². The molecule has 0 saturated heterocycles. The normalized spacial score (nSPS) is 10.6. The number of carbonyl (C=O) groups excluding carboxylic acids is 1. The molecule has 2 aromatic carbocycles. The molecule has 6 nitrogen and oxygen atoms in total. The van der Waals surface area contributed by atoms with Gasteiger partial charge in [-0.2, -0.15) is 0 Å². The van der Waals surface area contributed by atoms with Crippen molar-refractivity contribution in [1.82, 2.24) is 4.72 Å². The van der Waals surface area contributed by atoms with Crippen LogP contribution in [-0.2, 0) is 15.8 Å². The van der Waals surface area contributed by atoms with Gasteiger partial charge in [-0.25, -0.2) is 13.1 Å². The Kier molecular flexibility index (Phi) is 6.57. The number of sulfonamides is 1. The van der Waals surface area contributed by atoms with Crippen LogP contribution in [0.3, 0.4) is 0 Å². The Labute approximate surface area is 147 Å². The number of ether oxygens (including phenoxy) is 1. The minimum absolute atomic E-state index is 0.0179. The third kappa shape index (κ3) is 6.30. The maximum atomic E-state index is 11.9. The molecule has 1 amide bonds. The lowest BCUT2D eigenvalue weighted by Crippen LogP contribution is -2.25. The SMILES string of the molecule is NC(=O)c1ccccc1OCC#CCNS(=O)(=O)Cc1ccccc1. The molecule has 0 aliphatic carbocycles. The number of primary amides is 1. The first-order valence-electron chi connectivity index (χ1n) is 7.46. The number of nitrogens with one attached hydrogen (secondary N) is 1. The van der Waals surface area contributed by atoms with Gasteiger partial charge in [-0.1, -0.05) is 54.3 Å². The van der Waals surface area contributed by atoms with Crippen LogP contribution >= 0.6 is 0 Å². The van der Waals surface area contributed by atoms with E-state index in [1.54, 1.807) is 48.5 Å². The van der Waals surface area contributed by atoms with Crippen molar-refractivity contribution in [3.8, 4) is 17.6 Å². The van der Waals surface area contributed by atoms with E-state index in [4.69, 9.17) is 10.5 Å². The molecule has 0 heterocycles. The summed E-state index contributed by atoms with van der Waals surface area (Å²) in [5.74, 6) is 5.01. The van der Waals surface area contributed by atoms with E-state index < -0.39 is 15.9 Å². The molecular weight excluding hydrogens is 340 g/mol. The maximum absolute atomic E-state index is 11.9. The molecule has 0 spiro atoms. The summed E-state index contributed by atoms with van der Waals surface area (Å²) in [6.07, 6.45) is 0. The van der Waals surface area contributed by atoms with E-state index in [9.17, 15) is 13.2 Å². The Morgan fingerprint density at radius 3 is 2.44 bits per heavy atom. The Bertz CT molecular complexity index is 884. The lowest BCUT2D eigenvalue weighted by Gasteiger charge is -2.06. The second kappa shape index (κ2) is 8.87. The lowest BCUT2D eigenvalue weighted by atomic mass is 10.2. The number of hydrogen-bond acceptors (Lipinski definition) is 4. The Morgan fingerprint density at radius 1 is 1.04 bits per heavy atom. The molecule has 25 heavy (non-hydrogen) atoms. The van der Waals surface area contributed by atoms with E-state index >= 15 is 0 Å². The van der Waals surface area contributed by atoms with E-state index in [0.29, 0.717) is 11.3 Å². The molecule has 0 unspecified atom stereocenters. The molecule has 2 aromatic rings. The van der Waals surface area contributed by atoms with E-state index in [2.05, 4.69) is 16.6 Å². The van der Waals surface area contributed by atoms with E-state index in [1.165, 1.54) is 0 Å². The average Bonchev–Trinajstić information content (AvgIpc) is 2.58. The zero-order valence-electron chi connectivity index (χ0n) is 13.4. The van der Waals surface area contributed by atoms with Gasteiger partial charge in [-0.3, -0.25) is 4.79 Å². The summed E-state index contributed by atoms with van der Waals surface area (Å²) >= 11 is 0. The van der Waals surface area contributed by atoms with Gasteiger partial charge in [0.1, 0.15) is 12.4 Å². The van der Waals surface area contributed by atoms with Crippen LogP contribution in [0.1, 0.15) is 15.9 Å². The molecular formula is C18H18N2O4S. The minimum Gasteiger partial charge on any atom is -0.480 e. The van der Waals surface area contributed by atoms with Crippen molar-refractivity contribution in [2.24, 2.45) is 5.73 Å². The molecule has 7 heteroatoms. The highest BCUT2D eigenvalue weighted by molar-refractivity contribution is 7.88. The summed E-state index contributed by atoms with van der Waals surface area (Å²) in [5, 5.41) is 0. The summed E-state index contributed by atoms with van der Waals surface area (Å²) in [4.78, 5) is 11.2. The van der Waals surface area contributed by atoms with Gasteiger partial charge in [0, 0.05) is 0 Å². The zero-order chi connectivity index (χ0) is 18.1. The highest BCUT2D eigenvalue weighted by Gasteiger charge is 2.09. The van der Waals surface area contributed by atoms with Gasteiger partial charge in [-0.05, 0) is 17.7 Å². The number of rotatable bonds is 7. The second-order valence-electron chi connectivity index (χ2n) is 5.07. The van der Waals surface area contributed by atoms with Gasteiger partial charge in [0.25, 0.3) is 5.91 Å². The highest BCUT2D eigenvalue weighted by atomic mass is 32.2. The topological polar surface area (TPSA) is 98.5 Å². The van der Waals surface area contributed by atoms with Crippen LogP contribution in [0.5, 0.6) is 5.75 Å². The van der Waals surface area contributed by atoms with Gasteiger partial charge >= 0.3 is 0 Å². The Balaban J connectivity index is 1.81. The van der Waals surface area contributed by atoms with E-state index in [1.807, 2.05) is 6.07 Å². The minimum atomic E-state index is -3.45. The van der Waals surface area contributed by atoms with Crippen LogP contribution in [0.4, 0.5) is 0 Å². The van der Waals surface area contributed by atoms with Crippen molar-refractivity contribution in [3.05, 3.63) is 65.7 Å². The fourth-order valence-electron chi connectivity index (χ4n) is 2.01. The van der Waals surface area contributed by atoms with Crippen LogP contribution in [-0.4, -0.2) is 27.5 Å². The fraction of sp³-hybridized carbons (Fsp3) is 0.167. The molecule has 0 aliphatic rings. The van der Waals surface area contributed by atoms with Crippen molar-refractivity contribution in [3.63, 3.8) is 0 Å². The molecule has 3 N–H and O–H groups in total. The number of para-hydroxylation sites is 1. The van der Waals surface area contributed by atoms with Gasteiger partial charge in [0.05, 0.1) is 17.9 Å². The van der Waals surface area contributed by atoms with Gasteiger partial charge in [0.2, 0.25) is 10.0 Å². The first-order chi connectivity index (χ1) is 12.0. The summed E-state index contributed by atoms with van der Waals surface area (Å²) in [5.41, 5.74) is 6.22. The summed E-state index contributed by atoms with van der Waals surface area (Å²) in [6.45, 7) is 0.000694. The predicted octanol–water partition coefficient (Wildman–Crippen LogP) is 1.29. The molecule has 0 fully saturated rings. The molecule has 0 bridgehead atoms. The second-order valence-corrected chi connectivity index (χ2v) is 6.88. The predicted molar refractivity (Wildman–Crippen MR) is 95.3 cm³/mol. The smallest absolute Gasteiger partial charge is 0.252 e. The van der Waals surface area contributed by atoms with Gasteiger partial charge < -0.3 is 10.5 Å². The highest BCUT2D eigenvalue weighted by Crippen LogP contribution is 2.16.